The van der Waals surface area contributed by atoms with E-state index >= 15 is 0 Å². The maximum Gasteiger partial charge on any atom is 0.336 e. The smallest absolute Gasteiger partial charge is 0.336 e. The number of esters is 1. The van der Waals surface area contributed by atoms with Crippen LogP contribution in [-0.2, 0) is 19.1 Å². The summed E-state index contributed by atoms with van der Waals surface area (Å²) in [5, 5.41) is 14.0. The Hall–Kier alpha value is -1.63. The number of rotatable bonds is 4. The van der Waals surface area contributed by atoms with E-state index in [4.69, 9.17) is 0 Å². The van der Waals surface area contributed by atoms with Crippen molar-refractivity contribution in [3.05, 3.63) is 0 Å². The molecular weight excluding hydrogens is 216 g/mol. The van der Waals surface area contributed by atoms with Gasteiger partial charge in [-0.25, -0.2) is 4.79 Å². The first-order valence-corrected chi connectivity index (χ1v) is 4.87. The van der Waals surface area contributed by atoms with E-state index in [0.717, 1.165) is 7.11 Å². The third-order valence-corrected chi connectivity index (χ3v) is 2.25. The number of nitrogens with one attached hydrogen (secondary N) is 2. The minimum atomic E-state index is -1.38. The molecule has 0 saturated carbocycles. The fourth-order valence-corrected chi connectivity index (χ4v) is 1.35. The van der Waals surface area contributed by atoms with Gasteiger partial charge in [-0.05, 0) is 6.42 Å². The van der Waals surface area contributed by atoms with E-state index in [2.05, 4.69) is 15.4 Å². The molecule has 7 nitrogen and oxygen atoms in total. The number of hydrogen-bond donors (Lipinski definition) is 3. The fraction of sp³-hybridized carbons (Fsp3) is 0.667. The summed E-state index contributed by atoms with van der Waals surface area (Å²) in [7, 11) is 1.14. The largest absolute Gasteiger partial charge is 0.467 e. The van der Waals surface area contributed by atoms with E-state index in [0.29, 0.717) is 12.8 Å². The molecular formula is C9H14N2O5. The topological polar surface area (TPSA) is 105 Å². The third kappa shape index (κ3) is 3.20. The van der Waals surface area contributed by atoms with E-state index < -0.39 is 24.0 Å². The van der Waals surface area contributed by atoms with Crippen LogP contribution >= 0.6 is 0 Å². The lowest BCUT2D eigenvalue weighted by atomic mass is 10.2. The monoisotopic (exact) mass is 230 g/mol. The Bertz CT molecular complexity index is 304. The molecule has 1 rings (SSSR count). The van der Waals surface area contributed by atoms with E-state index in [1.165, 1.54) is 0 Å². The van der Waals surface area contributed by atoms with Crippen LogP contribution in [0.2, 0.25) is 0 Å². The normalized spacial score (nSPS) is 21.1. The molecule has 1 unspecified atom stereocenters. The minimum absolute atomic E-state index is 0.173. The van der Waals surface area contributed by atoms with Crippen molar-refractivity contribution in [1.29, 1.82) is 0 Å². The van der Waals surface area contributed by atoms with Crippen LogP contribution in [0.4, 0.5) is 0 Å². The fourth-order valence-electron chi connectivity index (χ4n) is 1.35. The molecule has 7 heteroatoms. The number of ether oxygens (including phenoxy) is 1. The number of methoxy groups -OCH3 is 1. The number of aliphatic hydroxyl groups excluding tert-OH is 1. The number of carbonyl (C=O) groups is 3. The minimum Gasteiger partial charge on any atom is -0.467 e. The molecule has 0 aromatic rings. The maximum absolute atomic E-state index is 11.4. The molecule has 0 aromatic heterocycles. The van der Waals surface area contributed by atoms with Gasteiger partial charge < -0.3 is 20.5 Å². The van der Waals surface area contributed by atoms with Crippen LogP contribution in [0.25, 0.3) is 0 Å². The van der Waals surface area contributed by atoms with Gasteiger partial charge in [0.1, 0.15) is 6.04 Å². The van der Waals surface area contributed by atoms with Gasteiger partial charge in [0.2, 0.25) is 11.8 Å². The second-order valence-electron chi connectivity index (χ2n) is 3.44. The predicted octanol–water partition coefficient (Wildman–Crippen LogP) is -2.08. The van der Waals surface area contributed by atoms with Gasteiger partial charge in [-0.1, -0.05) is 0 Å². The van der Waals surface area contributed by atoms with Crippen molar-refractivity contribution in [2.45, 2.75) is 25.0 Å². The SMILES string of the molecule is COC(=O)C(O)CNC(=O)[C@@H]1CCC(=O)N1. The zero-order chi connectivity index (χ0) is 12.1. The van der Waals surface area contributed by atoms with Gasteiger partial charge >= 0.3 is 5.97 Å². The zero-order valence-corrected chi connectivity index (χ0v) is 8.86. The van der Waals surface area contributed by atoms with Crippen molar-refractivity contribution in [1.82, 2.24) is 10.6 Å². The highest BCUT2D eigenvalue weighted by molar-refractivity contribution is 5.91. The quantitative estimate of drug-likeness (QED) is 0.480. The molecule has 1 aliphatic rings. The summed E-state index contributed by atoms with van der Waals surface area (Å²) in [5.74, 6) is -1.39. The van der Waals surface area contributed by atoms with Crippen LogP contribution in [0, 0.1) is 0 Å². The third-order valence-electron chi connectivity index (χ3n) is 2.25. The van der Waals surface area contributed by atoms with E-state index in [1.807, 2.05) is 0 Å². The van der Waals surface area contributed by atoms with Crippen molar-refractivity contribution in [2.75, 3.05) is 13.7 Å². The highest BCUT2D eigenvalue weighted by Gasteiger charge is 2.27. The Balaban J connectivity index is 2.30. The summed E-state index contributed by atoms with van der Waals surface area (Å²) < 4.78 is 4.28. The lowest BCUT2D eigenvalue weighted by Crippen LogP contribution is -2.45. The van der Waals surface area contributed by atoms with Crippen molar-refractivity contribution in [2.24, 2.45) is 0 Å². The Kier molecular flexibility index (Phi) is 4.24. The molecule has 16 heavy (non-hydrogen) atoms. The molecule has 1 heterocycles. The molecule has 0 aromatic carbocycles. The zero-order valence-electron chi connectivity index (χ0n) is 8.86. The average molecular weight is 230 g/mol. The molecule has 0 radical (unpaired) electrons. The number of aliphatic hydroxyl groups is 1. The Morgan fingerprint density at radius 3 is 2.88 bits per heavy atom. The van der Waals surface area contributed by atoms with Crippen LogP contribution in [0.1, 0.15) is 12.8 Å². The number of carbonyl (C=O) groups excluding carboxylic acids is 3. The second kappa shape index (κ2) is 5.45. The molecule has 1 fully saturated rings. The Morgan fingerprint density at radius 2 is 2.38 bits per heavy atom. The van der Waals surface area contributed by atoms with Gasteiger partial charge in [0.15, 0.2) is 6.10 Å². The maximum atomic E-state index is 11.4. The van der Waals surface area contributed by atoms with Crippen LogP contribution in [0.15, 0.2) is 0 Å². The standard InChI is InChI=1S/C9H14N2O5/c1-16-9(15)6(12)4-10-8(14)5-2-3-7(13)11-5/h5-6,12H,2-4H2,1H3,(H,10,14)(H,11,13)/t5-,6?/m0/s1. The van der Waals surface area contributed by atoms with Gasteiger partial charge in [0.25, 0.3) is 0 Å². The number of hydrogen-bond acceptors (Lipinski definition) is 5. The summed E-state index contributed by atoms with van der Waals surface area (Å²) >= 11 is 0. The van der Waals surface area contributed by atoms with Crippen LogP contribution in [0.5, 0.6) is 0 Å². The second-order valence-corrected chi connectivity index (χ2v) is 3.44. The summed E-state index contributed by atoms with van der Waals surface area (Å²) in [4.78, 5) is 33.1. The summed E-state index contributed by atoms with van der Waals surface area (Å²) in [6.07, 6.45) is -0.637. The van der Waals surface area contributed by atoms with Gasteiger partial charge in [0.05, 0.1) is 13.7 Å². The van der Waals surface area contributed by atoms with E-state index in [1.54, 1.807) is 0 Å². The summed E-state index contributed by atoms with van der Waals surface area (Å²) in [5.41, 5.74) is 0. The van der Waals surface area contributed by atoms with Crippen molar-refractivity contribution < 1.29 is 24.2 Å². The van der Waals surface area contributed by atoms with Crippen LogP contribution in [-0.4, -0.2) is 48.7 Å². The first-order chi connectivity index (χ1) is 7.54. The molecule has 3 N–H and O–H groups in total. The molecule has 2 atom stereocenters. The lowest BCUT2D eigenvalue weighted by Gasteiger charge is -2.13. The van der Waals surface area contributed by atoms with Crippen molar-refractivity contribution >= 4 is 17.8 Å². The Morgan fingerprint density at radius 1 is 1.69 bits per heavy atom. The molecule has 1 saturated heterocycles. The highest BCUT2D eigenvalue weighted by atomic mass is 16.5. The molecule has 0 spiro atoms. The molecule has 1 aliphatic heterocycles. The highest BCUT2D eigenvalue weighted by Crippen LogP contribution is 2.05. The van der Waals surface area contributed by atoms with Gasteiger partial charge in [-0.2, -0.15) is 0 Å². The van der Waals surface area contributed by atoms with Crippen molar-refractivity contribution in [3.63, 3.8) is 0 Å². The summed E-state index contributed by atoms with van der Waals surface area (Å²) in [6.45, 7) is -0.224. The molecule has 0 aliphatic carbocycles. The van der Waals surface area contributed by atoms with Gasteiger partial charge in [0, 0.05) is 6.42 Å². The number of amides is 2. The van der Waals surface area contributed by atoms with Gasteiger partial charge in [-0.3, -0.25) is 9.59 Å². The Labute approximate surface area is 92.1 Å². The summed E-state index contributed by atoms with van der Waals surface area (Å²) in [6, 6.07) is -0.572. The molecule has 2 amide bonds. The van der Waals surface area contributed by atoms with Crippen LogP contribution < -0.4 is 10.6 Å². The van der Waals surface area contributed by atoms with E-state index in [9.17, 15) is 19.5 Å². The average Bonchev–Trinajstić information content (AvgIpc) is 2.71. The van der Waals surface area contributed by atoms with Crippen molar-refractivity contribution in [3.8, 4) is 0 Å². The van der Waals surface area contributed by atoms with E-state index in [-0.39, 0.29) is 12.5 Å². The van der Waals surface area contributed by atoms with Gasteiger partial charge in [-0.15, -0.1) is 0 Å². The van der Waals surface area contributed by atoms with Crippen LogP contribution in [0.3, 0.4) is 0 Å². The predicted molar refractivity (Wildman–Crippen MR) is 52.2 cm³/mol. The lowest BCUT2D eigenvalue weighted by molar-refractivity contribution is -0.150. The first kappa shape index (κ1) is 12.4. The molecule has 90 valence electrons. The molecule has 0 bridgehead atoms. The first-order valence-electron chi connectivity index (χ1n) is 4.87.